The molecule has 1 aliphatic heterocycles. The van der Waals surface area contributed by atoms with Gasteiger partial charge in [0.05, 0.1) is 6.04 Å². The standard InChI is InChI=1S/C26H26F2N4O/c1-19(30-26(33)11-9-20-8-10-23(27)24(28)17-20)21-5-4-6-22(18-21)31-13-15-32(16-14-31)25-7-2-3-12-29-25/h2-12,17-19H,13-16H2,1H3,(H,30,33)/b11-9+. The lowest BCUT2D eigenvalue weighted by molar-refractivity contribution is -0.117. The zero-order valence-electron chi connectivity index (χ0n) is 18.4. The number of hydrogen-bond donors (Lipinski definition) is 1. The smallest absolute Gasteiger partial charge is 0.244 e. The van der Waals surface area contributed by atoms with E-state index in [1.807, 2.05) is 43.5 Å². The summed E-state index contributed by atoms with van der Waals surface area (Å²) in [6.45, 7) is 5.47. The van der Waals surface area contributed by atoms with E-state index in [1.165, 1.54) is 18.2 Å². The molecule has 0 bridgehead atoms. The van der Waals surface area contributed by atoms with Gasteiger partial charge >= 0.3 is 0 Å². The number of benzene rings is 2. The van der Waals surface area contributed by atoms with Crippen molar-refractivity contribution < 1.29 is 13.6 Å². The maximum Gasteiger partial charge on any atom is 0.244 e. The molecule has 1 atom stereocenters. The Morgan fingerprint density at radius 3 is 2.48 bits per heavy atom. The van der Waals surface area contributed by atoms with Gasteiger partial charge in [-0.3, -0.25) is 4.79 Å². The summed E-state index contributed by atoms with van der Waals surface area (Å²) < 4.78 is 26.3. The highest BCUT2D eigenvalue weighted by molar-refractivity contribution is 5.92. The van der Waals surface area contributed by atoms with Crippen molar-refractivity contribution in [3.05, 3.63) is 95.7 Å². The van der Waals surface area contributed by atoms with Crippen molar-refractivity contribution in [1.29, 1.82) is 0 Å². The third-order valence-corrected chi connectivity index (χ3v) is 5.72. The third-order valence-electron chi connectivity index (χ3n) is 5.72. The minimum Gasteiger partial charge on any atom is -0.368 e. The monoisotopic (exact) mass is 448 g/mol. The lowest BCUT2D eigenvalue weighted by atomic mass is 10.1. The number of nitrogens with zero attached hydrogens (tertiary/aromatic N) is 3. The Balaban J connectivity index is 1.34. The van der Waals surface area contributed by atoms with Crippen LogP contribution in [0.2, 0.25) is 0 Å². The number of hydrogen-bond acceptors (Lipinski definition) is 4. The first-order valence-corrected chi connectivity index (χ1v) is 10.9. The minimum absolute atomic E-state index is 0.207. The van der Waals surface area contributed by atoms with E-state index >= 15 is 0 Å². The van der Waals surface area contributed by atoms with Crippen molar-refractivity contribution in [3.63, 3.8) is 0 Å². The van der Waals surface area contributed by atoms with Gasteiger partial charge in [-0.25, -0.2) is 13.8 Å². The van der Waals surface area contributed by atoms with Crippen molar-refractivity contribution >= 4 is 23.5 Å². The maximum absolute atomic E-state index is 13.3. The quantitative estimate of drug-likeness (QED) is 0.561. The van der Waals surface area contributed by atoms with Gasteiger partial charge < -0.3 is 15.1 Å². The largest absolute Gasteiger partial charge is 0.368 e. The second-order valence-electron chi connectivity index (χ2n) is 7.99. The van der Waals surface area contributed by atoms with Crippen LogP contribution < -0.4 is 15.1 Å². The fourth-order valence-corrected chi connectivity index (χ4v) is 3.86. The molecular formula is C26H26F2N4O. The Hall–Kier alpha value is -3.74. The fourth-order valence-electron chi connectivity index (χ4n) is 3.86. The van der Waals surface area contributed by atoms with Gasteiger partial charge in [0.2, 0.25) is 5.91 Å². The number of pyridine rings is 1. The molecule has 1 aromatic heterocycles. The first-order chi connectivity index (χ1) is 16.0. The molecule has 0 saturated carbocycles. The molecule has 1 aliphatic rings. The molecule has 3 aromatic rings. The predicted molar refractivity (Wildman–Crippen MR) is 127 cm³/mol. The van der Waals surface area contributed by atoms with Gasteiger partial charge in [0.1, 0.15) is 5.82 Å². The molecule has 0 spiro atoms. The molecule has 170 valence electrons. The highest BCUT2D eigenvalue weighted by Gasteiger charge is 2.19. The second kappa shape index (κ2) is 10.3. The number of anilines is 2. The van der Waals surface area contributed by atoms with Crippen molar-refractivity contribution in [2.75, 3.05) is 36.0 Å². The van der Waals surface area contributed by atoms with Crippen LogP contribution >= 0.6 is 0 Å². The molecule has 1 unspecified atom stereocenters. The molecule has 1 saturated heterocycles. The Labute approximate surface area is 192 Å². The van der Waals surface area contributed by atoms with Gasteiger partial charge in [-0.05, 0) is 60.5 Å². The van der Waals surface area contributed by atoms with E-state index in [0.717, 1.165) is 55.4 Å². The van der Waals surface area contributed by atoms with Crippen LogP contribution in [0.1, 0.15) is 24.1 Å². The summed E-state index contributed by atoms with van der Waals surface area (Å²) in [4.78, 5) is 21.4. The minimum atomic E-state index is -0.941. The Bertz CT molecular complexity index is 1130. The van der Waals surface area contributed by atoms with Crippen LogP contribution in [0.4, 0.5) is 20.3 Å². The van der Waals surface area contributed by atoms with E-state index in [0.29, 0.717) is 5.56 Å². The average molecular weight is 449 g/mol. The zero-order chi connectivity index (χ0) is 23.2. The summed E-state index contributed by atoms with van der Waals surface area (Å²) in [6, 6.07) is 17.4. The van der Waals surface area contributed by atoms with Gasteiger partial charge in [0.15, 0.2) is 11.6 Å². The molecule has 0 aliphatic carbocycles. The Morgan fingerprint density at radius 2 is 1.76 bits per heavy atom. The van der Waals surface area contributed by atoms with E-state index < -0.39 is 11.6 Å². The van der Waals surface area contributed by atoms with Crippen LogP contribution in [0.3, 0.4) is 0 Å². The number of carbonyl (C=O) groups is 1. The average Bonchev–Trinajstić information content (AvgIpc) is 2.85. The third kappa shape index (κ3) is 5.74. The van der Waals surface area contributed by atoms with Gasteiger partial charge in [-0.2, -0.15) is 0 Å². The van der Waals surface area contributed by atoms with Gasteiger partial charge in [-0.1, -0.05) is 24.3 Å². The summed E-state index contributed by atoms with van der Waals surface area (Å²) in [5.41, 5.74) is 2.53. The SMILES string of the molecule is CC(NC(=O)/C=C/c1ccc(F)c(F)c1)c1cccc(N2CCN(c3ccccn3)CC2)c1. The summed E-state index contributed by atoms with van der Waals surface area (Å²) in [5.74, 6) is -1.16. The lowest BCUT2D eigenvalue weighted by Crippen LogP contribution is -2.46. The second-order valence-corrected chi connectivity index (χ2v) is 7.99. The van der Waals surface area contributed by atoms with Crippen LogP contribution in [0.25, 0.3) is 6.08 Å². The maximum atomic E-state index is 13.3. The predicted octanol–water partition coefficient (Wildman–Crippen LogP) is 4.58. The van der Waals surface area contributed by atoms with Crippen LogP contribution in [0.5, 0.6) is 0 Å². The molecule has 1 fully saturated rings. The topological polar surface area (TPSA) is 48.5 Å². The molecule has 33 heavy (non-hydrogen) atoms. The van der Waals surface area contributed by atoms with Gasteiger partial charge in [-0.15, -0.1) is 0 Å². The van der Waals surface area contributed by atoms with Crippen molar-refractivity contribution in [1.82, 2.24) is 10.3 Å². The molecule has 0 radical (unpaired) electrons. The molecule has 2 heterocycles. The zero-order valence-corrected chi connectivity index (χ0v) is 18.4. The van der Waals surface area contributed by atoms with Crippen molar-refractivity contribution in [3.8, 4) is 0 Å². The van der Waals surface area contributed by atoms with E-state index in [1.54, 1.807) is 0 Å². The van der Waals surface area contributed by atoms with Crippen LogP contribution in [-0.2, 0) is 4.79 Å². The Kier molecular flexibility index (Phi) is 6.98. The highest BCUT2D eigenvalue weighted by atomic mass is 19.2. The molecule has 2 aromatic carbocycles. The number of aromatic nitrogens is 1. The number of carbonyl (C=O) groups excluding carboxylic acids is 1. The van der Waals surface area contributed by atoms with Crippen LogP contribution in [0.15, 0.2) is 72.9 Å². The van der Waals surface area contributed by atoms with E-state index in [2.05, 4.69) is 32.2 Å². The normalized spacial score (nSPS) is 15.0. The number of nitrogens with one attached hydrogen (secondary N) is 1. The van der Waals surface area contributed by atoms with E-state index in [4.69, 9.17) is 0 Å². The molecule has 7 heteroatoms. The first kappa shape index (κ1) is 22.5. The Morgan fingerprint density at radius 1 is 0.970 bits per heavy atom. The molecule has 1 N–H and O–H groups in total. The summed E-state index contributed by atoms with van der Waals surface area (Å²) in [5, 5.41) is 2.92. The number of halogens is 2. The van der Waals surface area contributed by atoms with Crippen molar-refractivity contribution in [2.45, 2.75) is 13.0 Å². The molecule has 1 amide bonds. The number of rotatable bonds is 6. The molecule has 5 nitrogen and oxygen atoms in total. The molecule has 4 rings (SSSR count). The van der Waals surface area contributed by atoms with Crippen LogP contribution in [0, 0.1) is 11.6 Å². The molecular weight excluding hydrogens is 422 g/mol. The van der Waals surface area contributed by atoms with E-state index in [-0.39, 0.29) is 11.9 Å². The van der Waals surface area contributed by atoms with Crippen LogP contribution in [-0.4, -0.2) is 37.1 Å². The fraction of sp³-hybridized carbons (Fsp3) is 0.231. The van der Waals surface area contributed by atoms with Crippen molar-refractivity contribution in [2.24, 2.45) is 0 Å². The summed E-state index contributed by atoms with van der Waals surface area (Å²) in [6.07, 6.45) is 4.60. The summed E-state index contributed by atoms with van der Waals surface area (Å²) >= 11 is 0. The number of amides is 1. The van der Waals surface area contributed by atoms with E-state index in [9.17, 15) is 13.6 Å². The highest BCUT2D eigenvalue weighted by Crippen LogP contribution is 2.23. The van der Waals surface area contributed by atoms with Gasteiger partial charge in [0, 0.05) is 44.1 Å². The lowest BCUT2D eigenvalue weighted by Gasteiger charge is -2.37. The summed E-state index contributed by atoms with van der Waals surface area (Å²) in [7, 11) is 0. The van der Waals surface area contributed by atoms with Gasteiger partial charge in [0.25, 0.3) is 0 Å². The first-order valence-electron chi connectivity index (χ1n) is 10.9. The number of piperazine rings is 1.